The summed E-state index contributed by atoms with van der Waals surface area (Å²) in [4.78, 5) is 4.02. The maximum Gasteiger partial charge on any atom is 0.0408 e. The molecule has 0 saturated carbocycles. The highest BCUT2D eigenvalue weighted by Crippen LogP contribution is 1.79. The Morgan fingerprint density at radius 3 is 2.91 bits per heavy atom. The van der Waals surface area contributed by atoms with Crippen molar-refractivity contribution in [3.63, 3.8) is 0 Å². The molecule has 0 amide bonds. The van der Waals surface area contributed by atoms with Gasteiger partial charge in [-0.15, -0.1) is 6.58 Å². The van der Waals surface area contributed by atoms with E-state index in [1.807, 2.05) is 32.2 Å². The molecule has 0 aromatic heterocycles. The molecule has 1 atom stereocenters. The van der Waals surface area contributed by atoms with E-state index in [4.69, 9.17) is 0 Å². The summed E-state index contributed by atoms with van der Waals surface area (Å²) in [6.45, 7) is 8.52. The van der Waals surface area contributed by atoms with Crippen LogP contribution < -0.4 is 5.32 Å². The monoisotopic (exact) mass is 152 g/mol. The molecule has 11 heavy (non-hydrogen) atoms. The molecular formula is C9H16N2. The third-order valence-corrected chi connectivity index (χ3v) is 1.18. The zero-order valence-corrected chi connectivity index (χ0v) is 7.25. The van der Waals surface area contributed by atoms with Crippen LogP contribution in [0, 0.1) is 0 Å². The van der Waals surface area contributed by atoms with Crippen molar-refractivity contribution in [2.75, 3.05) is 6.54 Å². The van der Waals surface area contributed by atoms with E-state index in [-0.39, 0.29) is 0 Å². The summed E-state index contributed by atoms with van der Waals surface area (Å²) in [5.41, 5.74) is 0. The molecular weight excluding hydrogens is 136 g/mol. The number of nitrogens with zero attached hydrogens (tertiary/aromatic N) is 1. The average molecular weight is 152 g/mol. The molecule has 0 fully saturated rings. The second-order valence-corrected chi connectivity index (χ2v) is 2.20. The van der Waals surface area contributed by atoms with Crippen molar-refractivity contribution in [1.29, 1.82) is 0 Å². The second-order valence-electron chi connectivity index (χ2n) is 2.20. The molecule has 0 radical (unpaired) electrons. The summed E-state index contributed by atoms with van der Waals surface area (Å²) in [5, 5.41) is 3.10. The quantitative estimate of drug-likeness (QED) is 0.471. The highest BCUT2D eigenvalue weighted by molar-refractivity contribution is 5.70. The Balaban J connectivity index is 3.43. The minimum atomic E-state index is 0.321. The van der Waals surface area contributed by atoms with Crippen molar-refractivity contribution in [2.45, 2.75) is 19.9 Å². The Morgan fingerprint density at radius 2 is 2.36 bits per heavy atom. The van der Waals surface area contributed by atoms with Crippen LogP contribution in [-0.2, 0) is 0 Å². The average Bonchev–Trinajstić information content (AvgIpc) is 2.04. The molecule has 0 heterocycles. The predicted molar refractivity (Wildman–Crippen MR) is 51.0 cm³/mol. The van der Waals surface area contributed by atoms with Gasteiger partial charge >= 0.3 is 0 Å². The lowest BCUT2D eigenvalue weighted by molar-refractivity contribution is 0.772. The Hall–Kier alpha value is -1.05. The van der Waals surface area contributed by atoms with Gasteiger partial charge in [-0.05, 0) is 26.1 Å². The smallest absolute Gasteiger partial charge is 0.0408 e. The first-order valence-corrected chi connectivity index (χ1v) is 3.84. The van der Waals surface area contributed by atoms with E-state index in [2.05, 4.69) is 16.9 Å². The molecule has 2 heteroatoms. The summed E-state index contributed by atoms with van der Waals surface area (Å²) < 4.78 is 0. The number of nitrogens with one attached hydrogen (secondary N) is 1. The lowest BCUT2D eigenvalue weighted by atomic mass is 10.3. The number of allylic oxidation sites excluding steroid dienone is 1. The van der Waals surface area contributed by atoms with E-state index in [1.54, 1.807) is 6.21 Å². The van der Waals surface area contributed by atoms with Crippen LogP contribution in [0.3, 0.4) is 0 Å². The third kappa shape index (κ3) is 6.84. The standard InChI is InChI=1S/C9H16N2/c1-4-9(3)11-8-6-7-10-5-2/h4,6-9,11H,1,5H2,2-3H3. The van der Waals surface area contributed by atoms with E-state index in [0.29, 0.717) is 6.04 Å². The van der Waals surface area contributed by atoms with Gasteiger partial charge in [-0.25, -0.2) is 0 Å². The van der Waals surface area contributed by atoms with Crippen LogP contribution in [-0.4, -0.2) is 18.8 Å². The van der Waals surface area contributed by atoms with Gasteiger partial charge in [0.1, 0.15) is 0 Å². The van der Waals surface area contributed by atoms with Gasteiger partial charge in [0.25, 0.3) is 0 Å². The normalized spacial score (nSPS) is 14.0. The zero-order valence-electron chi connectivity index (χ0n) is 7.25. The van der Waals surface area contributed by atoms with Crippen LogP contribution in [0.1, 0.15) is 13.8 Å². The van der Waals surface area contributed by atoms with Crippen LogP contribution >= 0.6 is 0 Å². The van der Waals surface area contributed by atoms with Gasteiger partial charge in [0.15, 0.2) is 0 Å². The highest BCUT2D eigenvalue weighted by atomic mass is 14.9. The summed E-state index contributed by atoms with van der Waals surface area (Å²) in [5.74, 6) is 0. The Labute approximate surface area is 68.7 Å². The van der Waals surface area contributed by atoms with Crippen LogP contribution in [0.5, 0.6) is 0 Å². The first-order valence-electron chi connectivity index (χ1n) is 3.84. The van der Waals surface area contributed by atoms with Gasteiger partial charge in [-0.2, -0.15) is 0 Å². The van der Waals surface area contributed by atoms with Crippen molar-refractivity contribution in [3.8, 4) is 0 Å². The fourth-order valence-corrected chi connectivity index (χ4v) is 0.485. The van der Waals surface area contributed by atoms with Crippen molar-refractivity contribution in [3.05, 3.63) is 24.9 Å². The lowest BCUT2D eigenvalue weighted by Gasteiger charge is -2.02. The fraction of sp³-hybridized carbons (Fsp3) is 0.444. The van der Waals surface area contributed by atoms with E-state index in [1.165, 1.54) is 0 Å². The summed E-state index contributed by atoms with van der Waals surface area (Å²) in [7, 11) is 0. The molecule has 0 aliphatic carbocycles. The molecule has 0 spiro atoms. The van der Waals surface area contributed by atoms with Gasteiger partial charge in [0, 0.05) is 18.8 Å². The Bertz CT molecular complexity index is 148. The Morgan fingerprint density at radius 1 is 1.64 bits per heavy atom. The topological polar surface area (TPSA) is 24.4 Å². The molecule has 1 N–H and O–H groups in total. The van der Waals surface area contributed by atoms with Crippen molar-refractivity contribution < 1.29 is 0 Å². The van der Waals surface area contributed by atoms with Gasteiger partial charge in [-0.1, -0.05) is 6.08 Å². The molecule has 0 aliphatic heterocycles. The Kier molecular flexibility index (Phi) is 6.39. The molecule has 0 aliphatic rings. The predicted octanol–water partition coefficient (Wildman–Crippen LogP) is 1.75. The van der Waals surface area contributed by atoms with E-state index >= 15 is 0 Å². The van der Waals surface area contributed by atoms with Crippen LogP contribution in [0.15, 0.2) is 29.9 Å². The number of rotatable bonds is 5. The summed E-state index contributed by atoms with van der Waals surface area (Å²) >= 11 is 0. The van der Waals surface area contributed by atoms with Gasteiger partial charge in [-0.3, -0.25) is 4.99 Å². The maximum absolute atomic E-state index is 4.02. The zero-order chi connectivity index (χ0) is 8.53. The SMILES string of the molecule is C=CC(C)NC=CC=NCC. The summed E-state index contributed by atoms with van der Waals surface area (Å²) in [6.07, 6.45) is 7.37. The maximum atomic E-state index is 4.02. The molecule has 0 saturated heterocycles. The fourth-order valence-electron chi connectivity index (χ4n) is 0.485. The molecule has 0 bridgehead atoms. The third-order valence-electron chi connectivity index (χ3n) is 1.18. The minimum Gasteiger partial charge on any atom is -0.385 e. The van der Waals surface area contributed by atoms with Crippen LogP contribution in [0.2, 0.25) is 0 Å². The van der Waals surface area contributed by atoms with E-state index in [0.717, 1.165) is 6.54 Å². The molecule has 1 unspecified atom stereocenters. The second kappa shape index (κ2) is 7.06. The van der Waals surface area contributed by atoms with Gasteiger partial charge in [0.2, 0.25) is 0 Å². The summed E-state index contributed by atoms with van der Waals surface area (Å²) in [6, 6.07) is 0.321. The molecule has 62 valence electrons. The first-order chi connectivity index (χ1) is 5.31. The first kappa shape index (κ1) is 9.95. The molecule has 0 aromatic carbocycles. The highest BCUT2D eigenvalue weighted by Gasteiger charge is 1.84. The number of hydrogen-bond acceptors (Lipinski definition) is 2. The molecule has 2 nitrogen and oxygen atoms in total. The van der Waals surface area contributed by atoms with E-state index < -0.39 is 0 Å². The van der Waals surface area contributed by atoms with Gasteiger partial charge in [0.05, 0.1) is 0 Å². The van der Waals surface area contributed by atoms with Gasteiger partial charge < -0.3 is 5.32 Å². The van der Waals surface area contributed by atoms with Crippen molar-refractivity contribution in [1.82, 2.24) is 5.32 Å². The largest absolute Gasteiger partial charge is 0.385 e. The van der Waals surface area contributed by atoms with Crippen molar-refractivity contribution in [2.24, 2.45) is 4.99 Å². The van der Waals surface area contributed by atoms with Crippen LogP contribution in [0.25, 0.3) is 0 Å². The van der Waals surface area contributed by atoms with Crippen molar-refractivity contribution >= 4 is 6.21 Å². The minimum absolute atomic E-state index is 0.321. The van der Waals surface area contributed by atoms with Crippen LogP contribution in [0.4, 0.5) is 0 Å². The lowest BCUT2D eigenvalue weighted by Crippen LogP contribution is -2.16. The number of hydrogen-bond donors (Lipinski definition) is 1. The molecule has 0 rings (SSSR count). The molecule has 0 aromatic rings. The number of aliphatic imine (C=N–C) groups is 1. The van der Waals surface area contributed by atoms with E-state index in [9.17, 15) is 0 Å².